The smallest absolute Gasteiger partial charge is 0.339 e. The monoisotopic (exact) mass is 473 g/mol. The highest BCUT2D eigenvalue weighted by molar-refractivity contribution is 9.10. The van der Waals surface area contributed by atoms with Crippen LogP contribution in [0.2, 0.25) is 0 Å². The lowest BCUT2D eigenvalue weighted by Crippen LogP contribution is -2.15. The second-order valence-corrected chi connectivity index (χ2v) is 8.63. The van der Waals surface area contributed by atoms with Gasteiger partial charge in [-0.05, 0) is 36.6 Å². The summed E-state index contributed by atoms with van der Waals surface area (Å²) >= 11 is 2.99. The zero-order chi connectivity index (χ0) is 20.5. The predicted octanol–water partition coefficient (Wildman–Crippen LogP) is 4.14. The number of rotatable bonds is 6. The Labute approximate surface area is 167 Å². The highest BCUT2D eigenvalue weighted by atomic mass is 79.9. The van der Waals surface area contributed by atoms with Crippen LogP contribution >= 0.6 is 23.5 Å². The van der Waals surface area contributed by atoms with Crippen LogP contribution < -0.4 is 0 Å². The van der Waals surface area contributed by atoms with Crippen LogP contribution in [0, 0.1) is 6.92 Å². The Hall–Kier alpha value is -2.00. The summed E-state index contributed by atoms with van der Waals surface area (Å²) in [5.41, 5.74) is -3.65. The van der Waals surface area contributed by atoms with E-state index in [0.29, 0.717) is 23.7 Å². The van der Waals surface area contributed by atoms with E-state index in [9.17, 15) is 13.3 Å². The van der Waals surface area contributed by atoms with Crippen LogP contribution in [-0.4, -0.2) is 24.9 Å². The summed E-state index contributed by atoms with van der Waals surface area (Å²) in [5.74, 6) is 0.447. The summed E-state index contributed by atoms with van der Waals surface area (Å²) in [5, 5.41) is 3.79. The molecule has 3 aromatic rings. The van der Waals surface area contributed by atoms with Crippen molar-refractivity contribution in [2.75, 3.05) is 0 Å². The first-order valence-electron chi connectivity index (χ1n) is 8.02. The number of aryl methyl sites for hydroxylation is 1. The summed E-state index contributed by atoms with van der Waals surface area (Å²) in [4.78, 5) is 26.2. The maximum absolute atomic E-state index is 14.0. The average Bonchev–Trinajstić information content (AvgIpc) is 3.05. The van der Waals surface area contributed by atoms with Crippen molar-refractivity contribution in [3.8, 4) is 0 Å². The summed E-state index contributed by atoms with van der Waals surface area (Å²) < 4.78 is 44.3. The van der Waals surface area contributed by atoms with Crippen molar-refractivity contribution in [1.29, 1.82) is 0 Å². The first kappa shape index (κ1) is 20.7. The molecule has 0 aliphatic carbocycles. The number of hydrogen-bond acceptors (Lipinski definition) is 5. The molecule has 0 bridgehead atoms. The fraction of sp³-hybridized carbons (Fsp3) is 0.235. The minimum atomic E-state index is -5.66. The lowest BCUT2D eigenvalue weighted by molar-refractivity contribution is 0.0557. The van der Waals surface area contributed by atoms with E-state index in [2.05, 4.69) is 31.1 Å². The molecule has 0 aliphatic heterocycles. The van der Waals surface area contributed by atoms with Crippen molar-refractivity contribution in [2.45, 2.75) is 24.9 Å². The molecule has 1 atom stereocenters. The zero-order valence-electron chi connectivity index (χ0n) is 14.5. The highest BCUT2D eigenvalue weighted by Gasteiger charge is 2.51. The third kappa shape index (κ3) is 4.20. The number of halogens is 3. The Kier molecular flexibility index (Phi) is 5.77. The molecule has 28 heavy (non-hydrogen) atoms. The van der Waals surface area contributed by atoms with Crippen molar-refractivity contribution < 1.29 is 27.7 Å². The SMILES string of the molecule is Cc1noc(C(Cc2ccc(C(F)(F)P(=O)(O)O)c(Br)c2)c2cccnc2)n1. The van der Waals surface area contributed by atoms with Gasteiger partial charge in [-0.1, -0.05) is 39.3 Å². The first-order chi connectivity index (χ1) is 13.1. The maximum Gasteiger partial charge on any atom is 0.399 e. The molecule has 0 fully saturated rings. The Bertz CT molecular complexity index is 1030. The van der Waals surface area contributed by atoms with Gasteiger partial charge in [-0.3, -0.25) is 9.55 Å². The average molecular weight is 474 g/mol. The fourth-order valence-electron chi connectivity index (χ4n) is 2.71. The van der Waals surface area contributed by atoms with Gasteiger partial charge in [0.25, 0.3) is 0 Å². The van der Waals surface area contributed by atoms with Crippen LogP contribution in [0.3, 0.4) is 0 Å². The van der Waals surface area contributed by atoms with Crippen molar-refractivity contribution >= 4 is 23.5 Å². The van der Waals surface area contributed by atoms with Gasteiger partial charge in [0.15, 0.2) is 5.82 Å². The van der Waals surface area contributed by atoms with Crippen molar-refractivity contribution in [2.24, 2.45) is 0 Å². The number of nitrogens with zero attached hydrogens (tertiary/aromatic N) is 3. The van der Waals surface area contributed by atoms with Crippen LogP contribution in [0.15, 0.2) is 51.7 Å². The quantitative estimate of drug-likeness (QED) is 0.517. The Morgan fingerprint density at radius 3 is 2.61 bits per heavy atom. The summed E-state index contributed by atoms with van der Waals surface area (Å²) in [7, 11) is -5.66. The highest BCUT2D eigenvalue weighted by Crippen LogP contribution is 2.60. The Morgan fingerprint density at radius 2 is 2.07 bits per heavy atom. The van der Waals surface area contributed by atoms with Gasteiger partial charge in [-0.15, -0.1) is 0 Å². The maximum atomic E-state index is 14.0. The number of alkyl halides is 2. The molecule has 0 saturated carbocycles. The second-order valence-electron chi connectivity index (χ2n) is 6.12. The van der Waals surface area contributed by atoms with E-state index in [1.807, 2.05) is 6.07 Å². The third-order valence-corrected chi connectivity index (χ3v) is 5.72. The van der Waals surface area contributed by atoms with Crippen LogP contribution in [0.5, 0.6) is 0 Å². The van der Waals surface area contributed by atoms with E-state index in [-0.39, 0.29) is 10.4 Å². The zero-order valence-corrected chi connectivity index (χ0v) is 16.9. The molecule has 0 aliphatic rings. The molecule has 3 rings (SSSR count). The van der Waals surface area contributed by atoms with Crippen LogP contribution in [0.25, 0.3) is 0 Å². The fourth-order valence-corrected chi connectivity index (χ4v) is 4.04. The minimum Gasteiger partial charge on any atom is -0.339 e. The number of pyridine rings is 1. The van der Waals surface area contributed by atoms with Gasteiger partial charge in [0, 0.05) is 22.4 Å². The van der Waals surface area contributed by atoms with Crippen molar-refractivity contribution in [3.63, 3.8) is 0 Å². The van der Waals surface area contributed by atoms with Gasteiger partial charge in [-0.25, -0.2) is 0 Å². The molecule has 2 heterocycles. The van der Waals surface area contributed by atoms with Gasteiger partial charge in [0.05, 0.1) is 5.92 Å². The van der Waals surface area contributed by atoms with Gasteiger partial charge < -0.3 is 14.3 Å². The molecule has 2 aromatic heterocycles. The summed E-state index contributed by atoms with van der Waals surface area (Å²) in [6.45, 7) is 1.68. The number of aromatic nitrogens is 3. The van der Waals surface area contributed by atoms with Crippen LogP contribution in [-0.2, 0) is 16.6 Å². The molecule has 11 heteroatoms. The molecule has 7 nitrogen and oxygen atoms in total. The molecule has 0 amide bonds. The molecule has 0 radical (unpaired) electrons. The summed E-state index contributed by atoms with van der Waals surface area (Å²) in [6, 6.07) is 7.37. The normalized spacial score (nSPS) is 13.5. The number of benzene rings is 1. The van der Waals surface area contributed by atoms with E-state index in [1.54, 1.807) is 25.4 Å². The second kappa shape index (κ2) is 7.79. The molecule has 148 valence electrons. The van der Waals surface area contributed by atoms with Gasteiger partial charge in [0.1, 0.15) is 0 Å². The Morgan fingerprint density at radius 1 is 1.32 bits per heavy atom. The van der Waals surface area contributed by atoms with E-state index in [0.717, 1.165) is 11.6 Å². The standard InChI is InChI=1S/C17H15BrF2N3O4P/c1-10-22-16(27-23-10)13(12-3-2-6-21-9-12)7-11-4-5-14(15(18)8-11)17(19,20)28(24,25)26/h2-6,8-9,13H,7H2,1H3,(H2,24,25,26). The van der Waals surface area contributed by atoms with Crippen LogP contribution in [0.1, 0.15) is 34.3 Å². The lowest BCUT2D eigenvalue weighted by Gasteiger charge is -2.20. The molecule has 1 unspecified atom stereocenters. The van der Waals surface area contributed by atoms with Gasteiger partial charge in [-0.2, -0.15) is 13.8 Å². The molecule has 1 aromatic carbocycles. The third-order valence-electron chi connectivity index (χ3n) is 4.09. The van der Waals surface area contributed by atoms with Crippen LogP contribution in [0.4, 0.5) is 8.78 Å². The molecular formula is C17H15BrF2N3O4P. The molecular weight excluding hydrogens is 459 g/mol. The molecule has 2 N–H and O–H groups in total. The minimum absolute atomic E-state index is 0.107. The topological polar surface area (TPSA) is 109 Å². The van der Waals surface area contributed by atoms with Gasteiger partial charge >= 0.3 is 13.3 Å². The predicted molar refractivity (Wildman–Crippen MR) is 98.9 cm³/mol. The molecule has 0 spiro atoms. The number of hydrogen-bond donors (Lipinski definition) is 2. The first-order valence-corrected chi connectivity index (χ1v) is 10.4. The van der Waals surface area contributed by atoms with E-state index in [4.69, 9.17) is 14.3 Å². The lowest BCUT2D eigenvalue weighted by atomic mass is 9.92. The van der Waals surface area contributed by atoms with Gasteiger partial charge in [0.2, 0.25) is 5.89 Å². The van der Waals surface area contributed by atoms with E-state index in [1.165, 1.54) is 12.1 Å². The van der Waals surface area contributed by atoms with Crippen molar-refractivity contribution in [1.82, 2.24) is 15.1 Å². The van der Waals surface area contributed by atoms with E-state index < -0.39 is 18.8 Å². The Balaban J connectivity index is 1.96. The summed E-state index contributed by atoms with van der Waals surface area (Å²) in [6.07, 6.45) is 3.60. The van der Waals surface area contributed by atoms with Crippen molar-refractivity contribution in [3.05, 3.63) is 75.6 Å². The molecule has 0 saturated heterocycles. The van der Waals surface area contributed by atoms with E-state index >= 15 is 0 Å². The largest absolute Gasteiger partial charge is 0.399 e.